The van der Waals surface area contributed by atoms with Crippen LogP contribution in [0.5, 0.6) is 0 Å². The normalized spacial score (nSPS) is 19.7. The van der Waals surface area contributed by atoms with E-state index < -0.39 is 0 Å². The van der Waals surface area contributed by atoms with Crippen molar-refractivity contribution in [3.05, 3.63) is 51.5 Å². The Bertz CT molecular complexity index is 640. The zero-order valence-electron chi connectivity index (χ0n) is 14.6. The molecule has 0 radical (unpaired) electrons. The van der Waals surface area contributed by atoms with Crippen LogP contribution in [0.1, 0.15) is 27.4 Å². The Morgan fingerprint density at radius 3 is 2.62 bits per heavy atom. The monoisotopic (exact) mass is 345 g/mol. The van der Waals surface area contributed by atoms with Crippen LogP contribution in [0.3, 0.4) is 0 Å². The third-order valence-corrected chi connectivity index (χ3v) is 5.60. The van der Waals surface area contributed by atoms with Crippen molar-refractivity contribution in [1.82, 2.24) is 14.8 Å². The summed E-state index contributed by atoms with van der Waals surface area (Å²) >= 11 is 1.78. The van der Waals surface area contributed by atoms with Gasteiger partial charge in [0.1, 0.15) is 0 Å². The van der Waals surface area contributed by atoms with E-state index in [1.165, 1.54) is 16.0 Å². The molecule has 1 saturated heterocycles. The predicted octanol–water partition coefficient (Wildman–Crippen LogP) is 2.83. The van der Waals surface area contributed by atoms with Crippen LogP contribution in [-0.2, 0) is 13.1 Å². The van der Waals surface area contributed by atoms with Crippen molar-refractivity contribution in [2.24, 2.45) is 0 Å². The van der Waals surface area contributed by atoms with Crippen molar-refractivity contribution >= 4 is 11.3 Å². The molecule has 1 aliphatic rings. The first-order valence-corrected chi connectivity index (χ1v) is 9.50. The maximum atomic E-state index is 9.46. The van der Waals surface area contributed by atoms with Crippen LogP contribution in [0.25, 0.3) is 0 Å². The van der Waals surface area contributed by atoms with Crippen molar-refractivity contribution < 1.29 is 5.11 Å². The first-order chi connectivity index (χ1) is 11.6. The lowest BCUT2D eigenvalue weighted by Crippen LogP contribution is -2.52. The van der Waals surface area contributed by atoms with Gasteiger partial charge in [-0.3, -0.25) is 9.80 Å². The first-order valence-electron chi connectivity index (χ1n) is 8.68. The quantitative estimate of drug-likeness (QED) is 0.874. The Morgan fingerprint density at radius 1 is 1.17 bits per heavy atom. The molecular formula is C19H27N3OS. The van der Waals surface area contributed by atoms with Crippen LogP contribution in [0.2, 0.25) is 0 Å². The van der Waals surface area contributed by atoms with Crippen LogP contribution in [-0.4, -0.2) is 52.2 Å². The van der Waals surface area contributed by atoms with Gasteiger partial charge in [-0.05, 0) is 25.8 Å². The molecule has 0 saturated carbocycles. The molecule has 0 amide bonds. The molecule has 1 aromatic carbocycles. The fraction of sp³-hybridized carbons (Fsp3) is 0.526. The van der Waals surface area contributed by atoms with Crippen LogP contribution in [0.15, 0.2) is 30.5 Å². The summed E-state index contributed by atoms with van der Waals surface area (Å²) < 4.78 is 0. The summed E-state index contributed by atoms with van der Waals surface area (Å²) in [5.74, 6) is 0. The summed E-state index contributed by atoms with van der Waals surface area (Å²) in [6, 6.07) is 9.21. The molecule has 1 N–H and O–H groups in total. The van der Waals surface area contributed by atoms with Crippen molar-refractivity contribution in [1.29, 1.82) is 0 Å². The van der Waals surface area contributed by atoms with Crippen molar-refractivity contribution in [2.75, 3.05) is 26.2 Å². The van der Waals surface area contributed by atoms with E-state index in [0.717, 1.165) is 44.2 Å². The molecule has 0 aliphatic carbocycles. The SMILES string of the molecule is Cc1ccc(CN2CCN(Cc3cnc(C)s3)C[C@H]2CCO)cc1. The number of aromatic nitrogens is 1. The highest BCUT2D eigenvalue weighted by molar-refractivity contribution is 7.11. The maximum absolute atomic E-state index is 9.46. The zero-order valence-corrected chi connectivity index (χ0v) is 15.4. The molecule has 4 nitrogen and oxygen atoms in total. The van der Waals surface area contributed by atoms with E-state index in [-0.39, 0.29) is 6.61 Å². The Balaban J connectivity index is 1.61. The lowest BCUT2D eigenvalue weighted by Gasteiger charge is -2.41. The largest absolute Gasteiger partial charge is 0.396 e. The molecule has 24 heavy (non-hydrogen) atoms. The topological polar surface area (TPSA) is 39.6 Å². The third-order valence-electron chi connectivity index (χ3n) is 4.71. The molecule has 2 heterocycles. The number of hydrogen-bond donors (Lipinski definition) is 1. The van der Waals surface area contributed by atoms with Crippen LogP contribution in [0.4, 0.5) is 0 Å². The Kier molecular flexibility index (Phi) is 6.00. The number of hydrogen-bond acceptors (Lipinski definition) is 5. The summed E-state index contributed by atoms with van der Waals surface area (Å²) in [5, 5.41) is 10.6. The molecule has 0 bridgehead atoms. The van der Waals surface area contributed by atoms with E-state index >= 15 is 0 Å². The number of aliphatic hydroxyl groups is 1. The minimum Gasteiger partial charge on any atom is -0.396 e. The first kappa shape index (κ1) is 17.5. The van der Waals surface area contributed by atoms with Crippen LogP contribution in [0, 0.1) is 13.8 Å². The summed E-state index contributed by atoms with van der Waals surface area (Å²) in [5.41, 5.74) is 2.66. The average Bonchev–Trinajstić information content (AvgIpc) is 2.97. The summed E-state index contributed by atoms with van der Waals surface area (Å²) in [6.45, 7) is 9.53. The maximum Gasteiger partial charge on any atom is 0.0897 e. The molecule has 0 spiro atoms. The van der Waals surface area contributed by atoms with E-state index in [1.54, 1.807) is 11.3 Å². The second-order valence-corrected chi connectivity index (χ2v) is 8.02. The van der Waals surface area contributed by atoms with Gasteiger partial charge >= 0.3 is 0 Å². The minimum atomic E-state index is 0.253. The molecule has 5 heteroatoms. The second kappa shape index (κ2) is 8.21. The number of aryl methyl sites for hydroxylation is 2. The Labute approximate surface area is 148 Å². The summed E-state index contributed by atoms with van der Waals surface area (Å²) in [4.78, 5) is 10.7. The van der Waals surface area contributed by atoms with E-state index in [9.17, 15) is 5.11 Å². The fourth-order valence-corrected chi connectivity index (χ4v) is 4.20. The Hall–Kier alpha value is -1.27. The highest BCUT2D eigenvalue weighted by Gasteiger charge is 2.26. The summed E-state index contributed by atoms with van der Waals surface area (Å²) in [7, 11) is 0. The van der Waals surface area contributed by atoms with Gasteiger partial charge in [-0.1, -0.05) is 29.8 Å². The smallest absolute Gasteiger partial charge is 0.0897 e. The van der Waals surface area contributed by atoms with Crippen LogP contribution < -0.4 is 0 Å². The molecule has 130 valence electrons. The molecule has 2 aromatic rings. The molecule has 1 aliphatic heterocycles. The molecule has 1 aromatic heterocycles. The van der Waals surface area contributed by atoms with Gasteiger partial charge in [-0.25, -0.2) is 4.98 Å². The minimum absolute atomic E-state index is 0.253. The highest BCUT2D eigenvalue weighted by atomic mass is 32.1. The van der Waals surface area contributed by atoms with Gasteiger partial charge in [0.15, 0.2) is 0 Å². The Morgan fingerprint density at radius 2 is 1.96 bits per heavy atom. The second-order valence-electron chi connectivity index (χ2n) is 6.70. The molecule has 1 fully saturated rings. The lowest BCUT2D eigenvalue weighted by atomic mass is 10.1. The van der Waals surface area contributed by atoms with E-state index in [2.05, 4.69) is 52.9 Å². The van der Waals surface area contributed by atoms with Crippen molar-refractivity contribution in [3.8, 4) is 0 Å². The highest BCUT2D eigenvalue weighted by Crippen LogP contribution is 2.20. The van der Waals surface area contributed by atoms with E-state index in [0.29, 0.717) is 6.04 Å². The van der Waals surface area contributed by atoms with Crippen molar-refractivity contribution in [2.45, 2.75) is 39.4 Å². The number of nitrogens with zero attached hydrogens (tertiary/aromatic N) is 3. The van der Waals surface area contributed by atoms with Gasteiger partial charge in [0, 0.05) is 56.4 Å². The standard InChI is InChI=1S/C19H27N3OS/c1-15-3-5-17(6-4-15)12-22-9-8-21(13-18(22)7-10-23)14-19-11-20-16(2)24-19/h3-6,11,18,23H,7-10,12-14H2,1-2H3/t18-/m1/s1. The molecule has 3 rings (SSSR count). The van der Waals surface area contributed by atoms with E-state index in [1.807, 2.05) is 6.20 Å². The predicted molar refractivity (Wildman–Crippen MR) is 99.2 cm³/mol. The zero-order chi connectivity index (χ0) is 16.9. The van der Waals surface area contributed by atoms with Gasteiger partial charge in [-0.15, -0.1) is 11.3 Å². The van der Waals surface area contributed by atoms with Crippen LogP contribution >= 0.6 is 11.3 Å². The third kappa shape index (κ3) is 4.63. The molecule has 0 unspecified atom stereocenters. The molecule has 1 atom stereocenters. The van der Waals surface area contributed by atoms with Gasteiger partial charge in [0.2, 0.25) is 0 Å². The van der Waals surface area contributed by atoms with Gasteiger partial charge in [0.05, 0.1) is 5.01 Å². The average molecular weight is 346 g/mol. The number of rotatable bonds is 6. The van der Waals surface area contributed by atoms with Gasteiger partial charge in [0.25, 0.3) is 0 Å². The van der Waals surface area contributed by atoms with Gasteiger partial charge < -0.3 is 5.11 Å². The molecular weight excluding hydrogens is 318 g/mol. The van der Waals surface area contributed by atoms with Gasteiger partial charge in [-0.2, -0.15) is 0 Å². The fourth-order valence-electron chi connectivity index (χ4n) is 3.36. The number of aliphatic hydroxyl groups excluding tert-OH is 1. The number of benzene rings is 1. The van der Waals surface area contributed by atoms with Crippen molar-refractivity contribution in [3.63, 3.8) is 0 Å². The summed E-state index contributed by atoms with van der Waals surface area (Å²) in [6.07, 6.45) is 2.84. The number of piperazine rings is 1. The van der Waals surface area contributed by atoms with E-state index in [4.69, 9.17) is 0 Å². The lowest BCUT2D eigenvalue weighted by molar-refractivity contribution is 0.0504. The number of thiazole rings is 1.